The second-order valence-corrected chi connectivity index (χ2v) is 4.80. The third kappa shape index (κ3) is 3.17. The monoisotopic (exact) mass is 297 g/mol. The highest BCUT2D eigenvalue weighted by atomic mass is 16.5. The third-order valence-electron chi connectivity index (χ3n) is 3.19. The molecule has 0 atom stereocenters. The maximum atomic E-state index is 12.0. The summed E-state index contributed by atoms with van der Waals surface area (Å²) in [5.74, 6) is 0.680. The molecule has 22 heavy (non-hydrogen) atoms. The van der Waals surface area contributed by atoms with Crippen molar-refractivity contribution >= 4 is 11.6 Å². The number of aromatic nitrogens is 1. The van der Waals surface area contributed by atoms with Crippen molar-refractivity contribution in [3.8, 4) is 11.5 Å². The summed E-state index contributed by atoms with van der Waals surface area (Å²) < 4.78 is 10.3. The maximum Gasteiger partial charge on any atom is 0.273 e. The van der Waals surface area contributed by atoms with Gasteiger partial charge in [0.25, 0.3) is 5.91 Å². The number of carbonyl (C=O) groups excluding carboxylic acids is 1. The van der Waals surface area contributed by atoms with Crippen molar-refractivity contribution in [2.24, 2.45) is 0 Å². The van der Waals surface area contributed by atoms with Crippen molar-refractivity contribution in [2.75, 3.05) is 12.3 Å². The van der Waals surface area contributed by atoms with E-state index in [0.717, 1.165) is 17.7 Å². The van der Waals surface area contributed by atoms with Crippen LogP contribution in [0.5, 0.6) is 0 Å². The summed E-state index contributed by atoms with van der Waals surface area (Å²) in [6.07, 6.45) is 2.25. The third-order valence-corrected chi connectivity index (χ3v) is 3.19. The van der Waals surface area contributed by atoms with Crippen LogP contribution in [0, 0.1) is 0 Å². The van der Waals surface area contributed by atoms with Crippen molar-refractivity contribution in [2.45, 2.75) is 6.42 Å². The number of anilines is 1. The Labute approximate surface area is 126 Å². The van der Waals surface area contributed by atoms with Crippen molar-refractivity contribution < 1.29 is 13.7 Å². The minimum atomic E-state index is -0.281. The van der Waals surface area contributed by atoms with Gasteiger partial charge < -0.3 is 20.0 Å². The molecule has 6 heteroatoms. The number of benzene rings is 1. The summed E-state index contributed by atoms with van der Waals surface area (Å²) in [5, 5.41) is 6.54. The smallest absolute Gasteiger partial charge is 0.273 e. The fraction of sp³-hybridized carbons (Fsp3) is 0.125. The summed E-state index contributed by atoms with van der Waals surface area (Å²) >= 11 is 0. The summed E-state index contributed by atoms with van der Waals surface area (Å²) in [4.78, 5) is 12.0. The predicted octanol–water partition coefficient (Wildman–Crippen LogP) is 2.49. The summed E-state index contributed by atoms with van der Waals surface area (Å²) in [5.41, 5.74) is 7.68. The molecule has 1 amide bonds. The molecule has 1 aromatic carbocycles. The Balaban J connectivity index is 1.55. The van der Waals surface area contributed by atoms with Crippen molar-refractivity contribution in [3.05, 3.63) is 60.0 Å². The van der Waals surface area contributed by atoms with Crippen LogP contribution in [-0.4, -0.2) is 17.6 Å². The van der Waals surface area contributed by atoms with Crippen molar-refractivity contribution in [3.63, 3.8) is 0 Å². The number of hydrogen-bond donors (Lipinski definition) is 2. The van der Waals surface area contributed by atoms with E-state index < -0.39 is 0 Å². The van der Waals surface area contributed by atoms with Gasteiger partial charge in [-0.15, -0.1) is 0 Å². The maximum absolute atomic E-state index is 12.0. The molecule has 0 unspecified atom stereocenters. The van der Waals surface area contributed by atoms with Gasteiger partial charge in [-0.1, -0.05) is 17.3 Å². The average molecular weight is 297 g/mol. The molecular formula is C16H15N3O3. The van der Waals surface area contributed by atoms with Gasteiger partial charge in [0, 0.05) is 18.3 Å². The lowest BCUT2D eigenvalue weighted by molar-refractivity contribution is 0.0945. The lowest BCUT2D eigenvalue weighted by Gasteiger charge is -2.03. The van der Waals surface area contributed by atoms with Crippen molar-refractivity contribution in [1.82, 2.24) is 10.5 Å². The molecule has 0 saturated heterocycles. The topological polar surface area (TPSA) is 94.3 Å². The molecule has 0 bridgehead atoms. The highest BCUT2D eigenvalue weighted by molar-refractivity contribution is 5.92. The van der Waals surface area contributed by atoms with Gasteiger partial charge in [-0.25, -0.2) is 0 Å². The molecule has 3 rings (SSSR count). The van der Waals surface area contributed by atoms with E-state index in [0.29, 0.717) is 18.1 Å². The number of rotatable bonds is 5. The standard InChI is InChI=1S/C16H15N3O3/c17-12-5-3-11(4-6-12)7-8-18-16(20)13-10-15(22-19-13)14-2-1-9-21-14/h1-6,9-10H,7-8,17H2,(H,18,20). The molecule has 3 aromatic rings. The number of nitrogens with two attached hydrogens (primary N) is 1. The van der Waals surface area contributed by atoms with Crippen LogP contribution in [0.4, 0.5) is 5.69 Å². The van der Waals surface area contributed by atoms with E-state index in [1.165, 1.54) is 6.26 Å². The fourth-order valence-corrected chi connectivity index (χ4v) is 2.01. The molecule has 0 aliphatic rings. The Kier molecular flexibility index (Phi) is 3.91. The van der Waals surface area contributed by atoms with Crippen LogP contribution in [-0.2, 0) is 6.42 Å². The van der Waals surface area contributed by atoms with Crippen LogP contribution in [0.15, 0.2) is 57.7 Å². The largest absolute Gasteiger partial charge is 0.461 e. The number of nitrogen functional groups attached to an aromatic ring is 1. The molecule has 0 aliphatic heterocycles. The van der Waals surface area contributed by atoms with Gasteiger partial charge in [0.1, 0.15) is 0 Å². The zero-order valence-corrected chi connectivity index (χ0v) is 11.8. The van der Waals surface area contributed by atoms with Gasteiger partial charge in [-0.3, -0.25) is 4.79 Å². The van der Waals surface area contributed by atoms with E-state index in [-0.39, 0.29) is 11.6 Å². The molecule has 6 nitrogen and oxygen atoms in total. The van der Waals surface area contributed by atoms with E-state index in [1.54, 1.807) is 18.2 Å². The number of nitrogens with zero attached hydrogens (tertiary/aromatic N) is 1. The quantitative estimate of drug-likeness (QED) is 0.705. The highest BCUT2D eigenvalue weighted by Crippen LogP contribution is 2.20. The molecule has 0 radical (unpaired) electrons. The molecule has 2 heterocycles. The molecular weight excluding hydrogens is 282 g/mol. The van der Waals surface area contributed by atoms with Crippen molar-refractivity contribution in [1.29, 1.82) is 0 Å². The van der Waals surface area contributed by atoms with Gasteiger partial charge >= 0.3 is 0 Å². The summed E-state index contributed by atoms with van der Waals surface area (Å²) in [6.45, 7) is 0.506. The second kappa shape index (κ2) is 6.17. The number of amides is 1. The number of hydrogen-bond acceptors (Lipinski definition) is 5. The van der Waals surface area contributed by atoms with E-state index in [1.807, 2.05) is 24.3 Å². The van der Waals surface area contributed by atoms with Crippen LogP contribution >= 0.6 is 0 Å². The SMILES string of the molecule is Nc1ccc(CCNC(=O)c2cc(-c3ccco3)on2)cc1. The van der Waals surface area contributed by atoms with E-state index >= 15 is 0 Å². The molecule has 112 valence electrons. The van der Waals surface area contributed by atoms with Crippen LogP contribution in [0.1, 0.15) is 16.1 Å². The molecule has 0 fully saturated rings. The molecule has 0 saturated carbocycles. The van der Waals surface area contributed by atoms with Gasteiger partial charge in [0.15, 0.2) is 11.5 Å². The normalized spacial score (nSPS) is 10.5. The zero-order valence-electron chi connectivity index (χ0n) is 11.8. The Hall–Kier alpha value is -3.02. The lowest BCUT2D eigenvalue weighted by Crippen LogP contribution is -2.25. The van der Waals surface area contributed by atoms with Crippen LogP contribution in [0.2, 0.25) is 0 Å². The van der Waals surface area contributed by atoms with Crippen LogP contribution in [0.3, 0.4) is 0 Å². The van der Waals surface area contributed by atoms with Gasteiger partial charge in [0.2, 0.25) is 5.76 Å². The van der Waals surface area contributed by atoms with E-state index in [9.17, 15) is 4.79 Å². The molecule has 3 N–H and O–H groups in total. The second-order valence-electron chi connectivity index (χ2n) is 4.80. The molecule has 0 spiro atoms. The number of nitrogens with one attached hydrogen (secondary N) is 1. The fourth-order valence-electron chi connectivity index (χ4n) is 2.01. The first-order chi connectivity index (χ1) is 10.7. The number of furan rings is 1. The Bertz CT molecular complexity index is 745. The van der Waals surface area contributed by atoms with Crippen LogP contribution in [0.25, 0.3) is 11.5 Å². The van der Waals surface area contributed by atoms with E-state index in [2.05, 4.69) is 10.5 Å². The first kappa shape index (κ1) is 13.9. The lowest BCUT2D eigenvalue weighted by atomic mass is 10.1. The number of carbonyl (C=O) groups is 1. The summed E-state index contributed by atoms with van der Waals surface area (Å²) in [7, 11) is 0. The Morgan fingerprint density at radius 1 is 1.18 bits per heavy atom. The molecule has 0 aliphatic carbocycles. The van der Waals surface area contributed by atoms with Gasteiger partial charge in [-0.2, -0.15) is 0 Å². The minimum absolute atomic E-state index is 0.226. The average Bonchev–Trinajstić information content (AvgIpc) is 3.20. The zero-order chi connectivity index (χ0) is 15.4. The Morgan fingerprint density at radius 3 is 2.73 bits per heavy atom. The van der Waals surface area contributed by atoms with Crippen LogP contribution < -0.4 is 11.1 Å². The highest BCUT2D eigenvalue weighted by Gasteiger charge is 2.14. The Morgan fingerprint density at radius 2 is 2.00 bits per heavy atom. The van der Waals surface area contributed by atoms with E-state index in [4.69, 9.17) is 14.7 Å². The predicted molar refractivity (Wildman–Crippen MR) is 81.1 cm³/mol. The first-order valence-electron chi connectivity index (χ1n) is 6.85. The van der Waals surface area contributed by atoms with Gasteiger partial charge in [0.05, 0.1) is 6.26 Å². The first-order valence-corrected chi connectivity index (χ1v) is 6.85. The minimum Gasteiger partial charge on any atom is -0.461 e. The summed E-state index contributed by atoms with van der Waals surface area (Å²) in [6, 6.07) is 12.6. The van der Waals surface area contributed by atoms with Gasteiger partial charge in [-0.05, 0) is 36.2 Å². The molecule has 2 aromatic heterocycles.